The summed E-state index contributed by atoms with van der Waals surface area (Å²) in [5.41, 5.74) is 2.61. The first-order valence-electron chi connectivity index (χ1n) is 12.7. The summed E-state index contributed by atoms with van der Waals surface area (Å²) < 4.78 is 18.5. The molecule has 3 heterocycles. The standard InChI is InChI=1S/C29H33N3O4/c1-21-17-28(33)32(25-19-23(34-2)4-5-24(21)25)14-10-29(20-30)8-12-31(13-9-29)11-7-22-3-6-26-27(18-22)36-16-15-35-26/h3-6,17-19H,7-16H2,1-2H3. The number of nitrogens with zero attached hydrogens (tertiary/aromatic N) is 3. The lowest BCUT2D eigenvalue weighted by Gasteiger charge is -2.37. The number of benzene rings is 2. The van der Waals surface area contributed by atoms with Gasteiger partial charge in [-0.2, -0.15) is 5.26 Å². The third-order valence-corrected chi connectivity index (χ3v) is 7.71. The van der Waals surface area contributed by atoms with Crippen LogP contribution in [0.15, 0.2) is 47.3 Å². The van der Waals surface area contributed by atoms with E-state index >= 15 is 0 Å². The molecule has 0 aliphatic carbocycles. The number of hydrogen-bond donors (Lipinski definition) is 0. The van der Waals surface area contributed by atoms with Crippen LogP contribution in [0.2, 0.25) is 0 Å². The Balaban J connectivity index is 1.22. The van der Waals surface area contributed by atoms with Crippen molar-refractivity contribution in [1.82, 2.24) is 9.47 Å². The highest BCUT2D eigenvalue weighted by Gasteiger charge is 2.34. The molecule has 7 nitrogen and oxygen atoms in total. The Morgan fingerprint density at radius 1 is 1.03 bits per heavy atom. The SMILES string of the molecule is COc1ccc2c(C)cc(=O)n(CCC3(C#N)CCN(CCc4ccc5c(c4)OCCO5)CC3)c2c1. The van der Waals surface area contributed by atoms with Gasteiger partial charge in [-0.1, -0.05) is 6.07 Å². The van der Waals surface area contributed by atoms with Crippen LogP contribution in [0.1, 0.15) is 30.4 Å². The highest BCUT2D eigenvalue weighted by molar-refractivity contribution is 5.83. The van der Waals surface area contributed by atoms with Crippen molar-refractivity contribution >= 4 is 10.9 Å². The van der Waals surface area contributed by atoms with Gasteiger partial charge in [0.25, 0.3) is 5.56 Å². The lowest BCUT2D eigenvalue weighted by molar-refractivity contribution is 0.135. The average Bonchev–Trinajstić information content (AvgIpc) is 2.92. The predicted molar refractivity (Wildman–Crippen MR) is 139 cm³/mol. The number of pyridine rings is 1. The van der Waals surface area contributed by atoms with Crippen molar-refractivity contribution in [3.05, 3.63) is 63.9 Å². The molecule has 1 saturated heterocycles. The van der Waals surface area contributed by atoms with Crippen molar-refractivity contribution in [2.24, 2.45) is 5.41 Å². The number of piperidine rings is 1. The first-order chi connectivity index (χ1) is 17.5. The van der Waals surface area contributed by atoms with E-state index in [2.05, 4.69) is 23.1 Å². The number of methoxy groups -OCH3 is 1. The maximum absolute atomic E-state index is 12.9. The number of rotatable bonds is 7. The molecule has 0 N–H and O–H groups in total. The minimum atomic E-state index is -0.414. The quantitative estimate of drug-likeness (QED) is 0.494. The molecule has 5 rings (SSSR count). The number of aromatic nitrogens is 1. The molecule has 0 spiro atoms. The van der Waals surface area contributed by atoms with Crippen LogP contribution >= 0.6 is 0 Å². The van der Waals surface area contributed by atoms with Crippen molar-refractivity contribution in [1.29, 1.82) is 5.26 Å². The molecule has 7 heteroatoms. The molecule has 3 aromatic rings. The van der Waals surface area contributed by atoms with Gasteiger partial charge in [0.15, 0.2) is 11.5 Å². The molecule has 2 aromatic carbocycles. The van der Waals surface area contributed by atoms with Crippen LogP contribution < -0.4 is 19.8 Å². The van der Waals surface area contributed by atoms with Crippen molar-refractivity contribution in [3.63, 3.8) is 0 Å². The van der Waals surface area contributed by atoms with Crippen molar-refractivity contribution in [2.75, 3.05) is 40.0 Å². The van der Waals surface area contributed by atoms with Gasteiger partial charge in [0, 0.05) is 30.6 Å². The second-order valence-corrected chi connectivity index (χ2v) is 9.91. The van der Waals surface area contributed by atoms with E-state index in [1.54, 1.807) is 17.7 Å². The molecule has 188 valence electrons. The van der Waals surface area contributed by atoms with Gasteiger partial charge >= 0.3 is 0 Å². The van der Waals surface area contributed by atoms with Gasteiger partial charge < -0.3 is 23.7 Å². The number of likely N-dealkylation sites (tertiary alicyclic amines) is 1. The zero-order valence-electron chi connectivity index (χ0n) is 21.1. The van der Waals surface area contributed by atoms with Gasteiger partial charge in [-0.3, -0.25) is 4.79 Å². The summed E-state index contributed by atoms with van der Waals surface area (Å²) in [5, 5.41) is 11.2. The molecule has 2 aliphatic rings. The second-order valence-electron chi connectivity index (χ2n) is 9.91. The van der Waals surface area contributed by atoms with E-state index in [1.165, 1.54) is 5.56 Å². The van der Waals surface area contributed by atoms with Gasteiger partial charge in [-0.25, -0.2) is 0 Å². The Labute approximate surface area is 211 Å². The maximum Gasteiger partial charge on any atom is 0.251 e. The topological polar surface area (TPSA) is 76.7 Å². The largest absolute Gasteiger partial charge is 0.497 e. The summed E-state index contributed by atoms with van der Waals surface area (Å²) in [7, 11) is 1.63. The van der Waals surface area contributed by atoms with Crippen LogP contribution in [-0.2, 0) is 13.0 Å². The number of nitriles is 1. The molecular formula is C29H33N3O4. The van der Waals surface area contributed by atoms with Crippen LogP contribution in [0.5, 0.6) is 17.2 Å². The summed E-state index contributed by atoms with van der Waals surface area (Å²) in [5.74, 6) is 2.38. The van der Waals surface area contributed by atoms with Gasteiger partial charge in [0.1, 0.15) is 19.0 Å². The normalized spacial score (nSPS) is 17.0. The fourth-order valence-corrected chi connectivity index (χ4v) is 5.36. The number of fused-ring (bicyclic) bond motifs is 2. The Kier molecular flexibility index (Phi) is 6.88. The highest BCUT2D eigenvalue weighted by Crippen LogP contribution is 2.36. The van der Waals surface area contributed by atoms with E-state index in [1.807, 2.05) is 31.2 Å². The molecule has 2 aliphatic heterocycles. The Morgan fingerprint density at radius 2 is 1.81 bits per heavy atom. The van der Waals surface area contributed by atoms with Crippen molar-refractivity contribution in [2.45, 2.75) is 39.2 Å². The lowest BCUT2D eigenvalue weighted by atomic mass is 9.77. The zero-order valence-corrected chi connectivity index (χ0v) is 21.1. The monoisotopic (exact) mass is 487 g/mol. The fraction of sp³-hybridized carbons (Fsp3) is 0.448. The smallest absolute Gasteiger partial charge is 0.251 e. The third-order valence-electron chi connectivity index (χ3n) is 7.71. The van der Waals surface area contributed by atoms with E-state index in [0.717, 1.165) is 72.6 Å². The molecule has 1 aromatic heterocycles. The molecular weight excluding hydrogens is 454 g/mol. The van der Waals surface area contributed by atoms with E-state index in [-0.39, 0.29) is 5.56 Å². The molecule has 0 atom stereocenters. The zero-order chi connectivity index (χ0) is 25.1. The van der Waals surface area contributed by atoms with Crippen LogP contribution in [0, 0.1) is 23.7 Å². The minimum absolute atomic E-state index is 0.0294. The van der Waals surface area contributed by atoms with Gasteiger partial charge in [-0.05, 0) is 81.1 Å². The Bertz CT molecular complexity index is 1350. The van der Waals surface area contributed by atoms with Crippen molar-refractivity contribution < 1.29 is 14.2 Å². The predicted octanol–water partition coefficient (Wildman–Crippen LogP) is 4.33. The second kappa shape index (κ2) is 10.2. The highest BCUT2D eigenvalue weighted by atomic mass is 16.6. The van der Waals surface area contributed by atoms with E-state index in [9.17, 15) is 10.1 Å². The first-order valence-corrected chi connectivity index (χ1v) is 12.7. The van der Waals surface area contributed by atoms with E-state index in [4.69, 9.17) is 14.2 Å². The summed E-state index contributed by atoms with van der Waals surface area (Å²) in [6, 6.07) is 16.3. The lowest BCUT2D eigenvalue weighted by Crippen LogP contribution is -2.41. The molecule has 36 heavy (non-hydrogen) atoms. The van der Waals surface area contributed by atoms with Crippen LogP contribution in [0.4, 0.5) is 0 Å². The summed E-state index contributed by atoms with van der Waals surface area (Å²) >= 11 is 0. The summed E-state index contributed by atoms with van der Waals surface area (Å²) in [6.07, 6.45) is 3.22. The molecule has 1 fully saturated rings. The fourth-order valence-electron chi connectivity index (χ4n) is 5.36. The minimum Gasteiger partial charge on any atom is -0.497 e. The molecule has 0 bridgehead atoms. The van der Waals surface area contributed by atoms with Gasteiger partial charge in [0.05, 0.1) is 24.1 Å². The van der Waals surface area contributed by atoms with Crippen molar-refractivity contribution in [3.8, 4) is 23.3 Å². The van der Waals surface area contributed by atoms with E-state index in [0.29, 0.717) is 26.2 Å². The summed E-state index contributed by atoms with van der Waals surface area (Å²) in [4.78, 5) is 15.3. The maximum atomic E-state index is 12.9. The summed E-state index contributed by atoms with van der Waals surface area (Å²) in [6.45, 7) is 6.39. The molecule has 0 unspecified atom stereocenters. The number of aryl methyl sites for hydroxylation is 2. The number of hydrogen-bond acceptors (Lipinski definition) is 6. The average molecular weight is 488 g/mol. The van der Waals surface area contributed by atoms with Crippen LogP contribution in [0.3, 0.4) is 0 Å². The molecule has 0 saturated carbocycles. The third kappa shape index (κ3) is 4.91. The van der Waals surface area contributed by atoms with Crippen LogP contribution in [0.25, 0.3) is 10.9 Å². The van der Waals surface area contributed by atoms with Gasteiger partial charge in [0.2, 0.25) is 0 Å². The molecule has 0 amide bonds. The van der Waals surface area contributed by atoms with Gasteiger partial charge in [-0.15, -0.1) is 0 Å². The number of ether oxygens (including phenoxy) is 3. The Morgan fingerprint density at radius 3 is 2.56 bits per heavy atom. The Hall–Kier alpha value is -3.50. The van der Waals surface area contributed by atoms with Crippen LogP contribution in [-0.4, -0.2) is 49.4 Å². The first kappa shape index (κ1) is 24.2. The van der Waals surface area contributed by atoms with E-state index < -0.39 is 5.41 Å². The molecule has 0 radical (unpaired) electrons.